The topological polar surface area (TPSA) is 111 Å². The number of aliphatic imine (C=N–C) groups is 1. The smallest absolute Gasteiger partial charge is 0.414 e. The summed E-state index contributed by atoms with van der Waals surface area (Å²) in [5.41, 5.74) is 0.445. The molecular formula is C28H42N4O5Si. The van der Waals surface area contributed by atoms with Gasteiger partial charge in [-0.2, -0.15) is 0 Å². The molecule has 2 rings (SSSR count). The minimum absolute atomic E-state index is 0.0157. The van der Waals surface area contributed by atoms with E-state index in [1.54, 1.807) is 59.9 Å². The van der Waals surface area contributed by atoms with Gasteiger partial charge in [-0.15, -0.1) is 0 Å². The van der Waals surface area contributed by atoms with Crippen LogP contribution in [0.5, 0.6) is 5.75 Å². The number of ether oxygens (including phenoxy) is 2. The Morgan fingerprint density at radius 2 is 1.39 bits per heavy atom. The van der Waals surface area contributed by atoms with Crippen LogP contribution < -0.4 is 15.1 Å². The molecule has 2 N–H and O–H groups in total. The lowest BCUT2D eigenvalue weighted by Gasteiger charge is -2.36. The average Bonchev–Trinajstić information content (AvgIpc) is 2.70. The van der Waals surface area contributed by atoms with Crippen LogP contribution in [0.15, 0.2) is 47.6 Å². The Bertz CT molecular complexity index is 1140. The quantitative estimate of drug-likeness (QED) is 0.241. The Balaban J connectivity index is 2.44. The number of alkyl carbamates (subject to hydrolysis) is 2. The first kappa shape index (κ1) is 30.8. The molecule has 208 valence electrons. The number of carbonyl (C=O) groups is 2. The predicted molar refractivity (Wildman–Crippen MR) is 153 cm³/mol. The van der Waals surface area contributed by atoms with Crippen LogP contribution in [-0.2, 0) is 9.47 Å². The van der Waals surface area contributed by atoms with Gasteiger partial charge in [-0.05, 0) is 83.9 Å². The number of nitrogens with one attached hydrogen (secondary N) is 2. The zero-order valence-electron chi connectivity index (χ0n) is 24.5. The van der Waals surface area contributed by atoms with Crippen molar-refractivity contribution in [3.63, 3.8) is 0 Å². The van der Waals surface area contributed by atoms with Gasteiger partial charge in [-0.1, -0.05) is 32.9 Å². The maximum atomic E-state index is 12.4. The summed E-state index contributed by atoms with van der Waals surface area (Å²) in [4.78, 5) is 33.9. The Hall–Kier alpha value is -3.40. The summed E-state index contributed by atoms with van der Waals surface area (Å²) in [6.45, 7) is 21.4. The molecule has 2 aromatic rings. The maximum Gasteiger partial charge on any atom is 0.414 e. The van der Waals surface area contributed by atoms with E-state index in [1.807, 2.05) is 24.3 Å². The molecule has 0 fully saturated rings. The fourth-order valence-corrected chi connectivity index (χ4v) is 3.88. The summed E-state index contributed by atoms with van der Waals surface area (Å²) < 4.78 is 17.2. The highest BCUT2D eigenvalue weighted by Crippen LogP contribution is 2.40. The average molecular weight is 543 g/mol. The molecule has 0 aliphatic heterocycles. The van der Waals surface area contributed by atoms with Gasteiger partial charge in [0.1, 0.15) is 22.6 Å². The van der Waals surface area contributed by atoms with E-state index in [9.17, 15) is 9.59 Å². The fraction of sp³-hybridized carbons (Fsp3) is 0.500. The van der Waals surface area contributed by atoms with Gasteiger partial charge in [0, 0.05) is 11.8 Å². The zero-order valence-corrected chi connectivity index (χ0v) is 25.5. The van der Waals surface area contributed by atoms with Crippen LogP contribution in [-0.4, -0.2) is 42.6 Å². The highest BCUT2D eigenvalue weighted by Gasteiger charge is 2.39. The van der Waals surface area contributed by atoms with E-state index >= 15 is 0 Å². The number of aromatic nitrogens is 1. The highest BCUT2D eigenvalue weighted by molar-refractivity contribution is 6.74. The van der Waals surface area contributed by atoms with Crippen molar-refractivity contribution in [3.05, 3.63) is 42.6 Å². The van der Waals surface area contributed by atoms with Crippen molar-refractivity contribution in [1.82, 2.24) is 15.6 Å². The summed E-state index contributed by atoms with van der Waals surface area (Å²) in [5.74, 6) is 0.559. The van der Waals surface area contributed by atoms with Crippen LogP contribution in [0.3, 0.4) is 0 Å². The van der Waals surface area contributed by atoms with Crippen molar-refractivity contribution in [2.75, 3.05) is 0 Å². The second-order valence-electron chi connectivity index (χ2n) is 12.5. The summed E-state index contributed by atoms with van der Waals surface area (Å²) in [5, 5.41) is 5.01. The summed E-state index contributed by atoms with van der Waals surface area (Å²) in [6.07, 6.45) is 0.181. The molecule has 0 unspecified atom stereocenters. The number of carbonyl (C=O) groups excluding carboxylic acids is 2. The lowest BCUT2D eigenvalue weighted by molar-refractivity contribution is 0.0545. The van der Waals surface area contributed by atoms with Gasteiger partial charge in [0.15, 0.2) is 0 Å². The molecule has 0 saturated heterocycles. The lowest BCUT2D eigenvalue weighted by Crippen LogP contribution is -2.47. The first-order chi connectivity index (χ1) is 17.3. The van der Waals surface area contributed by atoms with Crippen LogP contribution in [0.1, 0.15) is 62.3 Å². The first-order valence-electron chi connectivity index (χ1n) is 12.6. The van der Waals surface area contributed by atoms with Crippen LogP contribution in [0.25, 0.3) is 11.3 Å². The predicted octanol–water partition coefficient (Wildman–Crippen LogP) is 7.17. The molecule has 1 aromatic carbocycles. The second-order valence-corrected chi connectivity index (χ2v) is 17.2. The van der Waals surface area contributed by atoms with E-state index in [1.165, 1.54) is 0 Å². The molecule has 2 amide bonds. The molecule has 38 heavy (non-hydrogen) atoms. The molecule has 0 aliphatic carbocycles. The van der Waals surface area contributed by atoms with E-state index < -0.39 is 31.7 Å². The highest BCUT2D eigenvalue weighted by atomic mass is 28.4. The number of nitrogens with zero attached hydrogens (tertiary/aromatic N) is 2. The Labute approximate surface area is 227 Å². The molecule has 0 spiro atoms. The van der Waals surface area contributed by atoms with Crippen molar-refractivity contribution >= 4 is 32.2 Å². The molecule has 0 radical (unpaired) electrons. The molecule has 10 heteroatoms. The molecule has 0 atom stereocenters. The Morgan fingerprint density at radius 3 is 1.89 bits per heavy atom. The number of rotatable bonds is 4. The van der Waals surface area contributed by atoms with Gasteiger partial charge in [-0.3, -0.25) is 15.6 Å². The Kier molecular flexibility index (Phi) is 9.37. The van der Waals surface area contributed by atoms with Gasteiger partial charge >= 0.3 is 12.2 Å². The van der Waals surface area contributed by atoms with E-state index in [2.05, 4.69) is 54.5 Å². The normalized spacial score (nSPS) is 12.3. The number of hydrogen-bond acceptors (Lipinski definition) is 7. The van der Waals surface area contributed by atoms with Gasteiger partial charge in [0.2, 0.25) is 5.96 Å². The third-order valence-electron chi connectivity index (χ3n) is 5.54. The molecule has 0 saturated carbocycles. The van der Waals surface area contributed by atoms with Crippen LogP contribution in [0, 0.1) is 0 Å². The third kappa shape index (κ3) is 9.81. The molecule has 0 bridgehead atoms. The lowest BCUT2D eigenvalue weighted by atomic mass is 10.1. The van der Waals surface area contributed by atoms with Gasteiger partial charge in [-0.25, -0.2) is 14.6 Å². The molecular weight excluding hydrogens is 500 g/mol. The van der Waals surface area contributed by atoms with Crippen molar-refractivity contribution in [2.24, 2.45) is 4.99 Å². The standard InChI is InChI=1S/C28H42N4O5Si/c1-26(2,3)35-24(33)31-23(32-25(34)36-27(4,5)6)30-20-15-12-14-19(18-20)22-21(16-13-17-29-22)37-38(10,11)28(7,8)9/h12-18H,1-11H3,(H2,30,31,32,33,34). The van der Waals surface area contributed by atoms with Crippen molar-refractivity contribution in [1.29, 1.82) is 0 Å². The number of pyridine rings is 1. The molecule has 9 nitrogen and oxygen atoms in total. The fourth-order valence-electron chi connectivity index (χ4n) is 2.86. The van der Waals surface area contributed by atoms with Crippen molar-refractivity contribution in [3.8, 4) is 17.0 Å². The van der Waals surface area contributed by atoms with E-state index in [-0.39, 0.29) is 11.0 Å². The van der Waals surface area contributed by atoms with Crippen LogP contribution in [0.2, 0.25) is 18.1 Å². The Morgan fingerprint density at radius 1 is 0.842 bits per heavy atom. The van der Waals surface area contributed by atoms with Gasteiger partial charge in [0.05, 0.1) is 5.69 Å². The minimum atomic E-state index is -2.12. The van der Waals surface area contributed by atoms with E-state index in [4.69, 9.17) is 13.9 Å². The largest absolute Gasteiger partial charge is 0.542 e. The third-order valence-corrected chi connectivity index (χ3v) is 9.88. The van der Waals surface area contributed by atoms with E-state index in [0.29, 0.717) is 17.1 Å². The minimum Gasteiger partial charge on any atom is -0.542 e. The second kappa shape index (κ2) is 11.5. The number of amides is 2. The molecule has 1 aromatic heterocycles. The monoisotopic (exact) mass is 542 g/mol. The maximum absolute atomic E-state index is 12.4. The van der Waals surface area contributed by atoms with Gasteiger partial charge < -0.3 is 13.9 Å². The summed E-state index contributed by atoms with van der Waals surface area (Å²) >= 11 is 0. The van der Waals surface area contributed by atoms with E-state index in [0.717, 1.165) is 5.56 Å². The van der Waals surface area contributed by atoms with Crippen molar-refractivity contribution in [2.45, 2.75) is 91.6 Å². The zero-order chi connectivity index (χ0) is 28.9. The van der Waals surface area contributed by atoms with Crippen LogP contribution in [0.4, 0.5) is 15.3 Å². The number of hydrogen-bond donors (Lipinski definition) is 2. The van der Waals surface area contributed by atoms with Crippen LogP contribution >= 0.6 is 0 Å². The SMILES string of the molecule is CC(C)(C)OC(=O)NC(=Nc1cccc(-c2ncccc2O[Si](C)(C)C(C)(C)C)c1)NC(=O)OC(C)(C)C. The molecule has 0 aliphatic rings. The number of guanidine groups is 1. The van der Waals surface area contributed by atoms with Gasteiger partial charge in [0.25, 0.3) is 8.32 Å². The van der Waals surface area contributed by atoms with Crippen molar-refractivity contribution < 1.29 is 23.5 Å². The summed E-state index contributed by atoms with van der Waals surface area (Å²) in [6, 6.07) is 11.0. The number of benzene rings is 1. The first-order valence-corrected chi connectivity index (χ1v) is 15.5. The summed E-state index contributed by atoms with van der Waals surface area (Å²) in [7, 11) is -2.12. The molecule has 1 heterocycles.